The Morgan fingerprint density at radius 1 is 1.56 bits per heavy atom. The van der Waals surface area contributed by atoms with Gasteiger partial charge in [-0.05, 0) is 11.6 Å². The standard InChI is InChI=1S/C6H7ClN2/c7-3-5-1-2-6(8)9-4-5/h1-2,4H,3H2,(H2,8,9). The van der Waals surface area contributed by atoms with E-state index >= 15 is 0 Å². The van der Waals surface area contributed by atoms with Crippen LogP contribution in [-0.4, -0.2) is 4.98 Å². The van der Waals surface area contributed by atoms with E-state index in [0.29, 0.717) is 11.7 Å². The number of halogens is 1. The zero-order chi connectivity index (χ0) is 6.69. The van der Waals surface area contributed by atoms with Crippen molar-refractivity contribution in [3.8, 4) is 0 Å². The fourth-order valence-corrected chi connectivity index (χ4v) is 0.673. The van der Waals surface area contributed by atoms with Crippen molar-refractivity contribution < 1.29 is 0 Å². The highest BCUT2D eigenvalue weighted by atomic mass is 35.5. The summed E-state index contributed by atoms with van der Waals surface area (Å²) in [4.78, 5) is 3.84. The van der Waals surface area contributed by atoms with E-state index in [4.69, 9.17) is 17.3 Å². The van der Waals surface area contributed by atoms with E-state index in [1.165, 1.54) is 0 Å². The summed E-state index contributed by atoms with van der Waals surface area (Å²) in [5.74, 6) is 1.02. The molecule has 0 aromatic carbocycles. The Morgan fingerprint density at radius 2 is 2.33 bits per heavy atom. The normalized spacial score (nSPS) is 9.44. The Hall–Kier alpha value is -0.760. The Morgan fingerprint density at radius 3 is 2.78 bits per heavy atom. The topological polar surface area (TPSA) is 38.9 Å². The lowest BCUT2D eigenvalue weighted by molar-refractivity contribution is 1.25. The molecular weight excluding hydrogens is 136 g/mol. The number of pyridine rings is 1. The molecule has 1 rings (SSSR count). The van der Waals surface area contributed by atoms with E-state index in [2.05, 4.69) is 4.98 Å². The lowest BCUT2D eigenvalue weighted by Gasteiger charge is -1.92. The van der Waals surface area contributed by atoms with Crippen molar-refractivity contribution in [1.82, 2.24) is 4.98 Å². The summed E-state index contributed by atoms with van der Waals surface area (Å²) < 4.78 is 0. The van der Waals surface area contributed by atoms with Crippen LogP contribution in [0.4, 0.5) is 5.82 Å². The second-order valence-electron chi connectivity index (χ2n) is 1.72. The average Bonchev–Trinajstić information content (AvgIpc) is 1.90. The van der Waals surface area contributed by atoms with Crippen LogP contribution in [0.1, 0.15) is 5.56 Å². The third-order valence-electron chi connectivity index (χ3n) is 1.00. The second kappa shape index (κ2) is 2.69. The highest BCUT2D eigenvalue weighted by Crippen LogP contribution is 2.02. The molecule has 1 heterocycles. The quantitative estimate of drug-likeness (QED) is 0.602. The van der Waals surface area contributed by atoms with Crippen molar-refractivity contribution in [3.63, 3.8) is 0 Å². The van der Waals surface area contributed by atoms with Crippen LogP contribution < -0.4 is 5.73 Å². The van der Waals surface area contributed by atoms with Gasteiger partial charge in [0.2, 0.25) is 0 Å². The molecule has 0 radical (unpaired) electrons. The molecule has 1 aromatic rings. The summed E-state index contributed by atoms with van der Waals surface area (Å²) >= 11 is 5.50. The molecule has 0 saturated carbocycles. The molecule has 0 bridgehead atoms. The zero-order valence-electron chi connectivity index (χ0n) is 4.84. The fourth-order valence-electron chi connectivity index (χ4n) is 0.515. The third kappa shape index (κ3) is 1.57. The van der Waals surface area contributed by atoms with Gasteiger partial charge in [-0.1, -0.05) is 6.07 Å². The fraction of sp³-hybridized carbons (Fsp3) is 0.167. The molecule has 0 aliphatic rings. The number of rotatable bonds is 1. The van der Waals surface area contributed by atoms with Gasteiger partial charge < -0.3 is 5.73 Å². The maximum atomic E-state index is 5.50. The van der Waals surface area contributed by atoms with Crippen molar-refractivity contribution in [3.05, 3.63) is 23.9 Å². The molecule has 2 N–H and O–H groups in total. The van der Waals surface area contributed by atoms with Gasteiger partial charge in [-0.3, -0.25) is 0 Å². The molecule has 0 unspecified atom stereocenters. The summed E-state index contributed by atoms with van der Waals surface area (Å²) in [6.45, 7) is 0. The molecule has 0 aliphatic heterocycles. The van der Waals surface area contributed by atoms with Gasteiger partial charge in [-0.25, -0.2) is 4.98 Å². The van der Waals surface area contributed by atoms with Crippen LogP contribution in [0, 0.1) is 0 Å². The first-order valence-electron chi connectivity index (χ1n) is 2.59. The molecule has 0 amide bonds. The van der Waals surface area contributed by atoms with Crippen LogP contribution in [0.25, 0.3) is 0 Å². The Kier molecular flexibility index (Phi) is 1.90. The van der Waals surface area contributed by atoms with E-state index in [1.54, 1.807) is 12.3 Å². The first-order chi connectivity index (χ1) is 4.33. The van der Waals surface area contributed by atoms with Crippen LogP contribution in [0.15, 0.2) is 18.3 Å². The van der Waals surface area contributed by atoms with Crippen molar-refractivity contribution >= 4 is 17.4 Å². The third-order valence-corrected chi connectivity index (χ3v) is 1.31. The van der Waals surface area contributed by atoms with Crippen LogP contribution in [0.3, 0.4) is 0 Å². The average molecular weight is 143 g/mol. The molecule has 0 saturated heterocycles. The van der Waals surface area contributed by atoms with Crippen LogP contribution in [0.2, 0.25) is 0 Å². The number of nitrogens with two attached hydrogens (primary N) is 1. The predicted molar refractivity (Wildman–Crippen MR) is 38.2 cm³/mol. The zero-order valence-corrected chi connectivity index (χ0v) is 5.60. The predicted octanol–water partition coefficient (Wildman–Crippen LogP) is 1.40. The number of hydrogen-bond donors (Lipinski definition) is 1. The van der Waals surface area contributed by atoms with Crippen molar-refractivity contribution in [2.24, 2.45) is 0 Å². The number of alkyl halides is 1. The molecule has 48 valence electrons. The lowest BCUT2D eigenvalue weighted by atomic mass is 10.3. The number of aromatic nitrogens is 1. The molecule has 0 fully saturated rings. The Balaban J connectivity index is 2.88. The largest absolute Gasteiger partial charge is 0.384 e. The number of nitrogen functional groups attached to an aromatic ring is 1. The molecule has 2 nitrogen and oxygen atoms in total. The van der Waals surface area contributed by atoms with Gasteiger partial charge in [-0.2, -0.15) is 0 Å². The Labute approximate surface area is 58.7 Å². The molecule has 9 heavy (non-hydrogen) atoms. The monoisotopic (exact) mass is 142 g/mol. The highest BCUT2D eigenvalue weighted by Gasteiger charge is 1.87. The summed E-state index contributed by atoms with van der Waals surface area (Å²) in [5.41, 5.74) is 6.32. The number of anilines is 1. The van der Waals surface area contributed by atoms with E-state index in [-0.39, 0.29) is 0 Å². The van der Waals surface area contributed by atoms with Crippen molar-refractivity contribution in [2.45, 2.75) is 5.88 Å². The molecule has 0 atom stereocenters. The Bertz CT molecular complexity index is 183. The molecule has 1 aromatic heterocycles. The smallest absolute Gasteiger partial charge is 0.123 e. The minimum Gasteiger partial charge on any atom is -0.384 e. The van der Waals surface area contributed by atoms with Crippen molar-refractivity contribution in [1.29, 1.82) is 0 Å². The van der Waals surface area contributed by atoms with Gasteiger partial charge in [0.25, 0.3) is 0 Å². The van der Waals surface area contributed by atoms with E-state index in [1.807, 2.05) is 6.07 Å². The number of nitrogens with zero attached hydrogens (tertiary/aromatic N) is 1. The summed E-state index contributed by atoms with van der Waals surface area (Å²) in [5, 5.41) is 0. The molecular formula is C6H7ClN2. The van der Waals surface area contributed by atoms with Crippen LogP contribution in [0.5, 0.6) is 0 Å². The van der Waals surface area contributed by atoms with E-state index in [0.717, 1.165) is 5.56 Å². The molecule has 3 heteroatoms. The van der Waals surface area contributed by atoms with Crippen LogP contribution >= 0.6 is 11.6 Å². The SMILES string of the molecule is Nc1ccc(CCl)cn1. The van der Waals surface area contributed by atoms with Gasteiger partial charge in [0.15, 0.2) is 0 Å². The molecule has 0 aliphatic carbocycles. The van der Waals surface area contributed by atoms with Gasteiger partial charge in [0, 0.05) is 12.1 Å². The first-order valence-corrected chi connectivity index (χ1v) is 3.13. The maximum absolute atomic E-state index is 5.50. The lowest BCUT2D eigenvalue weighted by Crippen LogP contribution is -1.89. The molecule has 0 spiro atoms. The first kappa shape index (κ1) is 6.36. The van der Waals surface area contributed by atoms with E-state index in [9.17, 15) is 0 Å². The summed E-state index contributed by atoms with van der Waals surface area (Å²) in [7, 11) is 0. The van der Waals surface area contributed by atoms with Gasteiger partial charge in [0.05, 0.1) is 0 Å². The second-order valence-corrected chi connectivity index (χ2v) is 1.99. The minimum absolute atomic E-state index is 0.493. The maximum Gasteiger partial charge on any atom is 0.123 e. The van der Waals surface area contributed by atoms with Gasteiger partial charge in [-0.15, -0.1) is 11.6 Å². The van der Waals surface area contributed by atoms with Gasteiger partial charge in [0.1, 0.15) is 5.82 Å². The number of hydrogen-bond acceptors (Lipinski definition) is 2. The highest BCUT2D eigenvalue weighted by molar-refractivity contribution is 6.17. The minimum atomic E-state index is 0.493. The van der Waals surface area contributed by atoms with Gasteiger partial charge >= 0.3 is 0 Å². The van der Waals surface area contributed by atoms with E-state index < -0.39 is 0 Å². The van der Waals surface area contributed by atoms with Crippen LogP contribution in [-0.2, 0) is 5.88 Å². The summed E-state index contributed by atoms with van der Waals surface area (Å²) in [6.07, 6.45) is 1.67. The summed E-state index contributed by atoms with van der Waals surface area (Å²) in [6, 6.07) is 3.59. The van der Waals surface area contributed by atoms with Crippen molar-refractivity contribution in [2.75, 3.05) is 5.73 Å².